The van der Waals surface area contributed by atoms with Gasteiger partial charge in [-0.05, 0) is 29.8 Å². The number of halogens is 2. The van der Waals surface area contributed by atoms with Crippen LogP contribution < -0.4 is 10.6 Å². The number of carbonyl (C=O) groups excluding carboxylic acids is 1. The molecular formula is C19H19ClFN3O. The Morgan fingerprint density at radius 1 is 1.28 bits per heavy atom. The van der Waals surface area contributed by atoms with Crippen molar-refractivity contribution in [1.82, 2.24) is 5.32 Å². The number of fused-ring (bicyclic) bond motifs is 1. The van der Waals surface area contributed by atoms with Crippen molar-refractivity contribution in [2.24, 2.45) is 4.99 Å². The highest BCUT2D eigenvalue weighted by atomic mass is 35.5. The standard InChI is InChI=1S/C19H19ClFN3O/c20-14-5-6-18-16(10-14)19(24-8-7-23-18)12-22-11-15(25)9-13-3-1-2-4-17(13)21/h1-6,10,22-23H,7-9,11-12H2. The molecule has 1 aliphatic rings. The molecule has 0 radical (unpaired) electrons. The number of rotatable bonds is 6. The molecule has 130 valence electrons. The van der Waals surface area contributed by atoms with Gasteiger partial charge < -0.3 is 10.6 Å². The molecule has 0 spiro atoms. The van der Waals surface area contributed by atoms with Gasteiger partial charge >= 0.3 is 0 Å². The van der Waals surface area contributed by atoms with E-state index >= 15 is 0 Å². The zero-order valence-corrected chi connectivity index (χ0v) is 14.4. The minimum absolute atomic E-state index is 0.0660. The SMILES string of the molecule is O=C(CNCC1=NCCNc2ccc(Cl)cc21)Cc1ccccc1F. The summed E-state index contributed by atoms with van der Waals surface area (Å²) in [6.07, 6.45) is 0.0795. The van der Waals surface area contributed by atoms with Gasteiger partial charge in [0.1, 0.15) is 5.82 Å². The molecule has 0 aliphatic carbocycles. The first-order valence-electron chi connectivity index (χ1n) is 8.16. The van der Waals surface area contributed by atoms with Crippen molar-refractivity contribution >= 4 is 28.8 Å². The Bertz CT molecular complexity index is 807. The highest BCUT2D eigenvalue weighted by Gasteiger charge is 2.14. The second-order valence-corrected chi connectivity index (χ2v) is 6.29. The zero-order chi connectivity index (χ0) is 17.6. The smallest absolute Gasteiger partial charge is 0.151 e. The summed E-state index contributed by atoms with van der Waals surface area (Å²) in [4.78, 5) is 16.6. The first-order chi connectivity index (χ1) is 12.1. The lowest BCUT2D eigenvalue weighted by Gasteiger charge is -2.11. The second-order valence-electron chi connectivity index (χ2n) is 5.86. The molecule has 0 saturated carbocycles. The van der Waals surface area contributed by atoms with Crippen molar-refractivity contribution < 1.29 is 9.18 Å². The van der Waals surface area contributed by atoms with Gasteiger partial charge in [-0.1, -0.05) is 29.8 Å². The van der Waals surface area contributed by atoms with E-state index in [9.17, 15) is 9.18 Å². The number of nitrogens with zero attached hydrogens (tertiary/aromatic N) is 1. The monoisotopic (exact) mass is 359 g/mol. The number of Topliss-reactive ketones (excluding diaryl/α,β-unsaturated/α-hetero) is 1. The summed E-state index contributed by atoms with van der Waals surface area (Å²) in [5.74, 6) is -0.414. The number of benzene rings is 2. The van der Waals surface area contributed by atoms with Crippen LogP contribution >= 0.6 is 11.6 Å². The molecular weight excluding hydrogens is 341 g/mol. The first kappa shape index (κ1) is 17.6. The number of anilines is 1. The fourth-order valence-corrected chi connectivity index (χ4v) is 2.94. The highest BCUT2D eigenvalue weighted by Crippen LogP contribution is 2.22. The molecule has 0 atom stereocenters. The van der Waals surface area contributed by atoms with E-state index in [-0.39, 0.29) is 24.6 Å². The summed E-state index contributed by atoms with van der Waals surface area (Å²) in [5.41, 5.74) is 3.21. The number of hydrogen-bond acceptors (Lipinski definition) is 4. The molecule has 2 N–H and O–H groups in total. The van der Waals surface area contributed by atoms with Crippen molar-refractivity contribution in [3.8, 4) is 0 Å². The van der Waals surface area contributed by atoms with E-state index in [2.05, 4.69) is 15.6 Å². The topological polar surface area (TPSA) is 53.5 Å². The molecule has 0 fully saturated rings. The Morgan fingerprint density at radius 3 is 2.96 bits per heavy atom. The lowest BCUT2D eigenvalue weighted by Crippen LogP contribution is -2.30. The molecule has 0 unspecified atom stereocenters. The van der Waals surface area contributed by atoms with Crippen molar-refractivity contribution in [2.45, 2.75) is 6.42 Å². The lowest BCUT2D eigenvalue weighted by atomic mass is 10.1. The Labute approximate surface area is 151 Å². The summed E-state index contributed by atoms with van der Waals surface area (Å²) >= 11 is 6.09. The van der Waals surface area contributed by atoms with Crippen LogP contribution in [0.4, 0.5) is 10.1 Å². The highest BCUT2D eigenvalue weighted by molar-refractivity contribution is 6.31. The van der Waals surface area contributed by atoms with Crippen molar-refractivity contribution in [3.63, 3.8) is 0 Å². The fourth-order valence-electron chi connectivity index (χ4n) is 2.76. The van der Waals surface area contributed by atoms with Crippen LogP contribution in [0.2, 0.25) is 5.02 Å². The number of ketones is 1. The maximum atomic E-state index is 13.6. The third-order valence-electron chi connectivity index (χ3n) is 3.98. The average molecular weight is 360 g/mol. The van der Waals surface area contributed by atoms with Gasteiger partial charge in [-0.2, -0.15) is 0 Å². The number of nitrogens with one attached hydrogen (secondary N) is 2. The van der Waals surface area contributed by atoms with E-state index in [1.165, 1.54) is 6.07 Å². The summed E-state index contributed by atoms with van der Waals surface area (Å²) in [7, 11) is 0. The predicted octanol–water partition coefficient (Wildman–Crippen LogP) is 3.10. The van der Waals surface area contributed by atoms with Crippen molar-refractivity contribution in [1.29, 1.82) is 0 Å². The van der Waals surface area contributed by atoms with Gasteiger partial charge in [0.2, 0.25) is 0 Å². The number of aliphatic imine (C=N–C) groups is 1. The van der Waals surface area contributed by atoms with Crippen molar-refractivity contribution in [2.75, 3.05) is 31.5 Å². The molecule has 0 aromatic heterocycles. The molecule has 3 rings (SSSR count). The first-order valence-corrected chi connectivity index (χ1v) is 8.54. The average Bonchev–Trinajstić information content (AvgIpc) is 2.79. The third-order valence-corrected chi connectivity index (χ3v) is 4.22. The van der Waals surface area contributed by atoms with Crippen LogP contribution in [0.3, 0.4) is 0 Å². The van der Waals surface area contributed by atoms with E-state index in [1.54, 1.807) is 18.2 Å². The van der Waals surface area contributed by atoms with Crippen LogP contribution in [0, 0.1) is 5.82 Å². The Kier molecular flexibility index (Phi) is 5.79. The largest absolute Gasteiger partial charge is 0.383 e. The van der Waals surface area contributed by atoms with E-state index in [4.69, 9.17) is 11.6 Å². The zero-order valence-electron chi connectivity index (χ0n) is 13.7. The maximum Gasteiger partial charge on any atom is 0.151 e. The number of carbonyl (C=O) groups is 1. The maximum absolute atomic E-state index is 13.6. The summed E-state index contributed by atoms with van der Waals surface area (Å²) in [6, 6.07) is 12.0. The fraction of sp³-hybridized carbons (Fsp3) is 0.263. The lowest BCUT2D eigenvalue weighted by molar-refractivity contribution is -0.117. The molecule has 6 heteroatoms. The van der Waals surface area contributed by atoms with Crippen LogP contribution in [-0.4, -0.2) is 37.7 Å². The molecule has 0 bridgehead atoms. The predicted molar refractivity (Wildman–Crippen MR) is 99.3 cm³/mol. The molecule has 1 aliphatic heterocycles. The van der Waals surface area contributed by atoms with Crippen LogP contribution in [0.15, 0.2) is 47.5 Å². The summed E-state index contributed by atoms with van der Waals surface area (Å²) in [6.45, 7) is 2.03. The van der Waals surface area contributed by atoms with E-state index in [1.807, 2.05) is 18.2 Å². The van der Waals surface area contributed by atoms with Gasteiger partial charge in [0.05, 0.1) is 18.8 Å². The van der Waals surface area contributed by atoms with Crippen LogP contribution in [0.1, 0.15) is 11.1 Å². The van der Waals surface area contributed by atoms with Crippen LogP contribution in [-0.2, 0) is 11.2 Å². The third kappa shape index (κ3) is 4.65. The molecule has 2 aromatic rings. The molecule has 2 aromatic carbocycles. The van der Waals surface area contributed by atoms with E-state index in [0.717, 1.165) is 23.5 Å². The Morgan fingerprint density at radius 2 is 2.12 bits per heavy atom. The molecule has 0 amide bonds. The molecule has 25 heavy (non-hydrogen) atoms. The van der Waals surface area contributed by atoms with E-state index in [0.29, 0.717) is 23.7 Å². The van der Waals surface area contributed by atoms with Gasteiger partial charge in [0.15, 0.2) is 5.78 Å². The minimum atomic E-state index is -0.348. The molecule has 1 heterocycles. The number of hydrogen-bond donors (Lipinski definition) is 2. The molecule has 0 saturated heterocycles. The van der Waals surface area contributed by atoms with Crippen LogP contribution in [0.5, 0.6) is 0 Å². The van der Waals surface area contributed by atoms with Gasteiger partial charge in [0, 0.05) is 35.8 Å². The Hall–Kier alpha value is -2.24. The van der Waals surface area contributed by atoms with E-state index < -0.39 is 0 Å². The minimum Gasteiger partial charge on any atom is -0.383 e. The quantitative estimate of drug-likeness (QED) is 0.833. The Balaban J connectivity index is 1.59. The number of benzodiazepines with no additional fused rings is 1. The van der Waals surface area contributed by atoms with Crippen molar-refractivity contribution in [3.05, 3.63) is 64.4 Å². The summed E-state index contributed by atoms with van der Waals surface area (Å²) in [5, 5.41) is 7.06. The van der Waals surface area contributed by atoms with Gasteiger partial charge in [-0.3, -0.25) is 9.79 Å². The molecule has 4 nitrogen and oxygen atoms in total. The van der Waals surface area contributed by atoms with Crippen LogP contribution in [0.25, 0.3) is 0 Å². The van der Waals surface area contributed by atoms with Gasteiger partial charge in [-0.25, -0.2) is 4.39 Å². The second kappa shape index (κ2) is 8.23. The van der Waals surface area contributed by atoms with Gasteiger partial charge in [0.25, 0.3) is 0 Å². The normalized spacial score (nSPS) is 13.4. The summed E-state index contributed by atoms with van der Waals surface area (Å²) < 4.78 is 13.6. The van der Waals surface area contributed by atoms with Gasteiger partial charge in [-0.15, -0.1) is 0 Å².